The fraction of sp³-hybridized carbons (Fsp3) is 0.150. The molecular weight excluding hydrogens is 376 g/mol. The normalized spacial score (nSPS) is 11.4. The van der Waals surface area contributed by atoms with E-state index in [0.717, 1.165) is 4.68 Å². The number of nitrogens with zero attached hydrogens (tertiary/aromatic N) is 2. The summed E-state index contributed by atoms with van der Waals surface area (Å²) in [5.74, 6) is 1.71. The molecule has 0 radical (unpaired) electrons. The molecule has 0 spiro atoms. The quantitative estimate of drug-likeness (QED) is 0.504. The molecule has 0 bridgehead atoms. The molecule has 0 atom stereocenters. The van der Waals surface area contributed by atoms with E-state index < -0.39 is 11.2 Å². The van der Waals surface area contributed by atoms with Gasteiger partial charge in [0.15, 0.2) is 11.5 Å². The average molecular weight is 394 g/mol. The Hall–Kier alpha value is -4.01. The Kier molecular flexibility index (Phi) is 4.55. The molecule has 9 nitrogen and oxygen atoms in total. The molecule has 29 heavy (non-hydrogen) atoms. The van der Waals surface area contributed by atoms with Crippen LogP contribution in [0.15, 0.2) is 51.1 Å². The van der Waals surface area contributed by atoms with Crippen molar-refractivity contribution in [1.29, 1.82) is 0 Å². The zero-order valence-electron chi connectivity index (χ0n) is 16.0. The van der Waals surface area contributed by atoms with Crippen molar-refractivity contribution in [2.24, 2.45) is 5.10 Å². The molecule has 2 aromatic heterocycles. The summed E-state index contributed by atoms with van der Waals surface area (Å²) < 4.78 is 16.4. The number of benzene rings is 2. The van der Waals surface area contributed by atoms with E-state index in [9.17, 15) is 9.59 Å². The van der Waals surface area contributed by atoms with Crippen LogP contribution in [-0.4, -0.2) is 42.2 Å². The van der Waals surface area contributed by atoms with Crippen molar-refractivity contribution in [3.05, 3.63) is 62.8 Å². The van der Waals surface area contributed by atoms with Gasteiger partial charge in [0, 0.05) is 11.5 Å². The molecule has 0 aliphatic carbocycles. The van der Waals surface area contributed by atoms with E-state index in [1.54, 1.807) is 43.5 Å². The van der Waals surface area contributed by atoms with Crippen molar-refractivity contribution >= 4 is 28.2 Å². The van der Waals surface area contributed by atoms with Crippen LogP contribution in [0.1, 0.15) is 5.56 Å². The minimum atomic E-state index is -0.643. The Morgan fingerprint density at radius 2 is 1.69 bits per heavy atom. The maximum Gasteiger partial charge on any atom is 0.350 e. The molecule has 0 aliphatic rings. The molecule has 2 heterocycles. The third kappa shape index (κ3) is 3.12. The smallest absolute Gasteiger partial charge is 0.350 e. The fourth-order valence-electron chi connectivity index (χ4n) is 3.11. The third-order valence-electron chi connectivity index (χ3n) is 4.57. The summed E-state index contributed by atoms with van der Waals surface area (Å²) in [6.07, 6.45) is 1.40. The zero-order valence-corrected chi connectivity index (χ0v) is 16.0. The van der Waals surface area contributed by atoms with E-state index in [2.05, 4.69) is 15.1 Å². The van der Waals surface area contributed by atoms with Gasteiger partial charge in [0.2, 0.25) is 0 Å². The van der Waals surface area contributed by atoms with Crippen LogP contribution in [0.5, 0.6) is 17.2 Å². The van der Waals surface area contributed by atoms with Gasteiger partial charge >= 0.3 is 11.2 Å². The highest BCUT2D eigenvalue weighted by Crippen LogP contribution is 2.27. The molecule has 0 saturated carbocycles. The van der Waals surface area contributed by atoms with E-state index in [1.165, 1.54) is 20.4 Å². The first-order valence-corrected chi connectivity index (χ1v) is 8.67. The Morgan fingerprint density at radius 3 is 2.41 bits per heavy atom. The second-order valence-electron chi connectivity index (χ2n) is 6.19. The maximum absolute atomic E-state index is 12.8. The first-order chi connectivity index (χ1) is 14.0. The maximum atomic E-state index is 12.8. The van der Waals surface area contributed by atoms with Crippen LogP contribution >= 0.6 is 0 Å². The lowest BCUT2D eigenvalue weighted by molar-refractivity contribution is 0.355. The highest BCUT2D eigenvalue weighted by Gasteiger charge is 2.13. The summed E-state index contributed by atoms with van der Waals surface area (Å²) in [7, 11) is 4.62. The highest BCUT2D eigenvalue weighted by atomic mass is 16.5. The number of ether oxygens (including phenoxy) is 3. The van der Waals surface area contributed by atoms with Crippen LogP contribution in [0.2, 0.25) is 0 Å². The van der Waals surface area contributed by atoms with Gasteiger partial charge in [-0.3, -0.25) is 4.79 Å². The Labute approximate surface area is 164 Å². The van der Waals surface area contributed by atoms with E-state index in [0.29, 0.717) is 39.2 Å². The number of rotatable bonds is 5. The number of H-pyrrole nitrogens is 2. The van der Waals surface area contributed by atoms with Gasteiger partial charge in [-0.2, -0.15) is 5.10 Å². The third-order valence-corrected chi connectivity index (χ3v) is 4.57. The van der Waals surface area contributed by atoms with Crippen molar-refractivity contribution < 1.29 is 14.2 Å². The molecule has 4 aromatic rings. The number of methoxy groups -OCH3 is 3. The first-order valence-electron chi connectivity index (χ1n) is 8.67. The number of fused-ring (bicyclic) bond motifs is 3. The summed E-state index contributed by atoms with van der Waals surface area (Å²) in [4.78, 5) is 31.1. The van der Waals surface area contributed by atoms with Gasteiger partial charge in [-0.1, -0.05) is 0 Å². The van der Waals surface area contributed by atoms with Gasteiger partial charge in [0.25, 0.3) is 0 Å². The van der Waals surface area contributed by atoms with Gasteiger partial charge in [-0.05, 0) is 35.9 Å². The van der Waals surface area contributed by atoms with Crippen molar-refractivity contribution in [3.63, 3.8) is 0 Å². The lowest BCUT2D eigenvalue weighted by Gasteiger charge is -2.07. The van der Waals surface area contributed by atoms with Crippen molar-refractivity contribution in [2.75, 3.05) is 21.3 Å². The number of hydrogen-bond donors (Lipinski definition) is 2. The molecule has 148 valence electrons. The van der Waals surface area contributed by atoms with E-state index >= 15 is 0 Å². The van der Waals surface area contributed by atoms with E-state index in [4.69, 9.17) is 14.2 Å². The first kappa shape index (κ1) is 18.4. The summed E-state index contributed by atoms with van der Waals surface area (Å²) >= 11 is 0. The standard InChI is InChI=1S/C20H18N4O5/c1-27-12-5-6-13-14(9-12)22-18-17(13)23-20(26)24(19(18)25)21-10-11-4-7-15(28-2)16(8-11)29-3/h4-10,22H,1-3H3,(H,23,26). The second-order valence-corrected chi connectivity index (χ2v) is 6.19. The minimum Gasteiger partial charge on any atom is -0.497 e. The summed E-state index contributed by atoms with van der Waals surface area (Å²) in [6.45, 7) is 0. The minimum absolute atomic E-state index is 0.248. The van der Waals surface area contributed by atoms with Crippen LogP contribution in [0.25, 0.3) is 21.9 Å². The van der Waals surface area contributed by atoms with Gasteiger partial charge in [0.1, 0.15) is 11.3 Å². The molecule has 2 N–H and O–H groups in total. The predicted molar refractivity (Wildman–Crippen MR) is 110 cm³/mol. The van der Waals surface area contributed by atoms with E-state index in [-0.39, 0.29) is 5.52 Å². The Balaban J connectivity index is 1.82. The molecule has 0 aliphatic heterocycles. The topological polar surface area (TPSA) is 111 Å². The molecule has 2 aromatic carbocycles. The molecule has 0 fully saturated rings. The summed E-state index contributed by atoms with van der Waals surface area (Å²) in [5.41, 5.74) is 0.781. The summed E-state index contributed by atoms with van der Waals surface area (Å²) in [5, 5.41) is 4.77. The SMILES string of the molecule is COc1ccc2c(c1)[nH]c1c(=O)n(N=Cc3ccc(OC)c(OC)c3)c(=O)[nH]c12. The highest BCUT2D eigenvalue weighted by molar-refractivity contribution is 6.04. The monoisotopic (exact) mass is 394 g/mol. The number of aromatic amines is 2. The molecule has 0 unspecified atom stereocenters. The predicted octanol–water partition coefficient (Wildman–Crippen LogP) is 2.08. The van der Waals surface area contributed by atoms with Crippen LogP contribution in [0.4, 0.5) is 0 Å². The van der Waals surface area contributed by atoms with Crippen molar-refractivity contribution in [3.8, 4) is 17.2 Å². The number of aromatic nitrogens is 3. The molecule has 0 amide bonds. The Morgan fingerprint density at radius 1 is 0.897 bits per heavy atom. The average Bonchev–Trinajstić information content (AvgIpc) is 3.11. The van der Waals surface area contributed by atoms with Gasteiger partial charge in [-0.25, -0.2) is 4.79 Å². The van der Waals surface area contributed by atoms with Crippen molar-refractivity contribution in [1.82, 2.24) is 14.6 Å². The van der Waals surface area contributed by atoms with E-state index in [1.807, 2.05) is 0 Å². The van der Waals surface area contributed by atoms with Crippen LogP contribution in [-0.2, 0) is 0 Å². The van der Waals surface area contributed by atoms with Gasteiger partial charge in [0.05, 0.1) is 38.6 Å². The molecule has 9 heteroatoms. The largest absolute Gasteiger partial charge is 0.497 e. The molecule has 0 saturated heterocycles. The van der Waals surface area contributed by atoms with Crippen molar-refractivity contribution in [2.45, 2.75) is 0 Å². The molecule has 4 rings (SSSR count). The van der Waals surface area contributed by atoms with Crippen LogP contribution in [0, 0.1) is 0 Å². The van der Waals surface area contributed by atoms with Gasteiger partial charge in [-0.15, -0.1) is 4.68 Å². The fourth-order valence-corrected chi connectivity index (χ4v) is 3.11. The number of nitrogens with one attached hydrogen (secondary N) is 2. The lowest BCUT2D eigenvalue weighted by Crippen LogP contribution is -2.32. The number of hydrogen-bond acceptors (Lipinski definition) is 6. The van der Waals surface area contributed by atoms with Gasteiger partial charge < -0.3 is 24.2 Å². The summed E-state index contributed by atoms with van der Waals surface area (Å²) in [6, 6.07) is 10.4. The second kappa shape index (κ2) is 7.19. The lowest BCUT2D eigenvalue weighted by atomic mass is 10.2. The van der Waals surface area contributed by atoms with Crippen LogP contribution in [0.3, 0.4) is 0 Å². The zero-order chi connectivity index (χ0) is 20.5. The molecular formula is C20H18N4O5. The Bertz CT molecular complexity index is 1360. The van der Waals surface area contributed by atoms with Crippen LogP contribution < -0.4 is 25.5 Å².